The van der Waals surface area contributed by atoms with Gasteiger partial charge >= 0.3 is 17.9 Å². The van der Waals surface area contributed by atoms with Gasteiger partial charge in [0.2, 0.25) is 0 Å². The van der Waals surface area contributed by atoms with Crippen LogP contribution in [-0.2, 0) is 28.6 Å². The third-order valence-corrected chi connectivity index (χ3v) is 15.9. The molecule has 6 heteroatoms. The van der Waals surface area contributed by atoms with Gasteiger partial charge in [0, 0.05) is 19.3 Å². The SMILES string of the molecule is CC/C=C\C/C=C\C/C=C\C/C=C\CCCCCCCCCCCCC(=O)OCC(COC(=O)CCCCCCCCC/C=C\CCCCCCCCC)OC(=O)CCCCCCCCCCCCC/C=C\CCCCCCCCCC. The van der Waals surface area contributed by atoms with E-state index < -0.39 is 6.10 Å². The Balaban J connectivity index is 4.35. The van der Waals surface area contributed by atoms with Gasteiger partial charge in [-0.05, 0) is 109 Å². The minimum absolute atomic E-state index is 0.0763. The molecule has 1 atom stereocenters. The van der Waals surface area contributed by atoms with Crippen molar-refractivity contribution in [2.75, 3.05) is 13.2 Å². The monoisotopic (exact) mass is 1150 g/mol. The molecule has 0 aromatic heterocycles. The van der Waals surface area contributed by atoms with Crippen LogP contribution in [0.1, 0.15) is 374 Å². The molecule has 0 saturated heterocycles. The molecule has 82 heavy (non-hydrogen) atoms. The predicted molar refractivity (Wildman–Crippen MR) is 358 cm³/mol. The lowest BCUT2D eigenvalue weighted by atomic mass is 10.0. The fourth-order valence-electron chi connectivity index (χ4n) is 10.5. The first kappa shape index (κ1) is 78.8. The topological polar surface area (TPSA) is 78.9 Å². The lowest BCUT2D eigenvalue weighted by Crippen LogP contribution is -2.30. The van der Waals surface area contributed by atoms with Crippen molar-refractivity contribution in [3.63, 3.8) is 0 Å². The fraction of sp³-hybridized carbons (Fsp3) is 0.803. The van der Waals surface area contributed by atoms with E-state index in [0.717, 1.165) is 83.5 Å². The lowest BCUT2D eigenvalue weighted by Gasteiger charge is -2.18. The van der Waals surface area contributed by atoms with E-state index in [1.807, 2.05) is 0 Å². The van der Waals surface area contributed by atoms with Gasteiger partial charge in [0.05, 0.1) is 0 Å². The van der Waals surface area contributed by atoms with Crippen LogP contribution in [0.25, 0.3) is 0 Å². The first-order chi connectivity index (χ1) is 40.5. The first-order valence-electron chi connectivity index (χ1n) is 35.9. The number of rotatable bonds is 66. The third kappa shape index (κ3) is 67.6. The molecular weight excluding hydrogens is 1010 g/mol. The van der Waals surface area contributed by atoms with Crippen molar-refractivity contribution in [3.8, 4) is 0 Å². The van der Waals surface area contributed by atoms with Crippen molar-refractivity contribution >= 4 is 17.9 Å². The highest BCUT2D eigenvalue weighted by Crippen LogP contribution is 2.18. The largest absolute Gasteiger partial charge is 0.462 e. The van der Waals surface area contributed by atoms with Crippen LogP contribution < -0.4 is 0 Å². The van der Waals surface area contributed by atoms with Gasteiger partial charge in [-0.15, -0.1) is 0 Å². The van der Waals surface area contributed by atoms with Crippen LogP contribution in [0.15, 0.2) is 72.9 Å². The number of ether oxygens (including phenoxy) is 3. The average molecular weight is 1150 g/mol. The normalized spacial score (nSPS) is 12.5. The summed E-state index contributed by atoms with van der Waals surface area (Å²) in [6.07, 6.45) is 92.1. The molecule has 0 aromatic rings. The minimum atomic E-state index is -0.781. The Morgan fingerprint density at radius 3 is 0.756 bits per heavy atom. The number of carbonyl (C=O) groups excluding carboxylic acids is 3. The summed E-state index contributed by atoms with van der Waals surface area (Å²) in [6, 6.07) is 0. The summed E-state index contributed by atoms with van der Waals surface area (Å²) in [6.45, 7) is 6.58. The Bertz CT molecular complexity index is 1500. The Kier molecular flexibility index (Phi) is 67.6. The standard InChI is InChI=1S/C76H136O6/c1-4-7-10-13-16-19-22-25-28-31-34-36-38-40-42-45-48-51-54-57-60-63-66-69-75(78)81-72-73(71-80-74(77)68-65-62-59-56-53-50-47-44-33-30-27-24-21-18-15-12-9-6-3)82-76(79)70-67-64-61-58-55-52-49-46-43-41-39-37-35-32-29-26-23-20-17-14-11-8-5-2/h7,10,16,19,25,28,30,32-36,73H,4-6,8-9,11-15,17-18,20-24,26-27,29,31,37-72H2,1-3H3/b10-7-,19-16-,28-25-,33-30-,35-32-,36-34-. The molecule has 0 fully saturated rings. The summed E-state index contributed by atoms with van der Waals surface area (Å²) in [5.74, 6) is -0.863. The molecule has 0 aromatic carbocycles. The molecule has 0 aliphatic heterocycles. The number of esters is 3. The summed E-state index contributed by atoms with van der Waals surface area (Å²) in [7, 11) is 0. The van der Waals surface area contributed by atoms with Crippen LogP contribution in [0.3, 0.4) is 0 Å². The van der Waals surface area contributed by atoms with Gasteiger partial charge in [-0.3, -0.25) is 14.4 Å². The summed E-state index contributed by atoms with van der Waals surface area (Å²) in [5.41, 5.74) is 0. The highest BCUT2D eigenvalue weighted by molar-refractivity contribution is 5.71. The molecule has 1 unspecified atom stereocenters. The number of hydrogen-bond donors (Lipinski definition) is 0. The quantitative estimate of drug-likeness (QED) is 0.0261. The van der Waals surface area contributed by atoms with Crippen molar-refractivity contribution in [2.24, 2.45) is 0 Å². The van der Waals surface area contributed by atoms with E-state index in [9.17, 15) is 14.4 Å². The molecule has 0 spiro atoms. The molecule has 0 amide bonds. The molecule has 6 nitrogen and oxygen atoms in total. The maximum absolute atomic E-state index is 13.0. The molecule has 0 bridgehead atoms. The number of unbranched alkanes of at least 4 members (excludes halogenated alkanes) is 43. The summed E-state index contributed by atoms with van der Waals surface area (Å²) in [4.78, 5) is 38.5. The van der Waals surface area contributed by atoms with E-state index in [1.54, 1.807) is 0 Å². The summed E-state index contributed by atoms with van der Waals surface area (Å²) < 4.78 is 17.0. The van der Waals surface area contributed by atoms with E-state index in [0.29, 0.717) is 19.3 Å². The summed E-state index contributed by atoms with van der Waals surface area (Å²) in [5, 5.41) is 0. The van der Waals surface area contributed by atoms with Gasteiger partial charge in [0.15, 0.2) is 6.10 Å². The van der Waals surface area contributed by atoms with Crippen molar-refractivity contribution in [3.05, 3.63) is 72.9 Å². The highest BCUT2D eigenvalue weighted by Gasteiger charge is 2.19. The lowest BCUT2D eigenvalue weighted by molar-refractivity contribution is -0.167. The van der Waals surface area contributed by atoms with Crippen LogP contribution in [0, 0.1) is 0 Å². The van der Waals surface area contributed by atoms with Gasteiger partial charge in [0.1, 0.15) is 13.2 Å². The molecule has 0 aliphatic rings. The molecule has 0 N–H and O–H groups in total. The van der Waals surface area contributed by atoms with Crippen molar-refractivity contribution < 1.29 is 28.6 Å². The molecule has 0 rings (SSSR count). The predicted octanol–water partition coefficient (Wildman–Crippen LogP) is 24.8. The summed E-state index contributed by atoms with van der Waals surface area (Å²) >= 11 is 0. The first-order valence-corrected chi connectivity index (χ1v) is 35.9. The molecule has 0 aliphatic carbocycles. The number of hydrogen-bond acceptors (Lipinski definition) is 6. The second-order valence-corrected chi connectivity index (χ2v) is 24.1. The zero-order valence-electron chi connectivity index (χ0n) is 54.8. The molecule has 0 saturated carbocycles. The van der Waals surface area contributed by atoms with Gasteiger partial charge in [-0.25, -0.2) is 0 Å². The molecular formula is C76H136O6. The number of carbonyl (C=O) groups is 3. The Morgan fingerprint density at radius 2 is 0.476 bits per heavy atom. The highest BCUT2D eigenvalue weighted by atomic mass is 16.6. The zero-order chi connectivity index (χ0) is 59.2. The van der Waals surface area contributed by atoms with Gasteiger partial charge < -0.3 is 14.2 Å². The fourth-order valence-corrected chi connectivity index (χ4v) is 10.5. The van der Waals surface area contributed by atoms with Gasteiger partial charge in [0.25, 0.3) is 0 Å². The van der Waals surface area contributed by atoms with E-state index in [4.69, 9.17) is 14.2 Å². The van der Waals surface area contributed by atoms with Crippen molar-refractivity contribution in [1.29, 1.82) is 0 Å². The van der Waals surface area contributed by atoms with Crippen LogP contribution in [0.4, 0.5) is 0 Å². The third-order valence-electron chi connectivity index (χ3n) is 15.9. The van der Waals surface area contributed by atoms with E-state index >= 15 is 0 Å². The second kappa shape index (κ2) is 70.3. The van der Waals surface area contributed by atoms with E-state index in [-0.39, 0.29) is 31.1 Å². The Morgan fingerprint density at radius 1 is 0.256 bits per heavy atom. The van der Waals surface area contributed by atoms with Crippen LogP contribution in [0.2, 0.25) is 0 Å². The molecule has 476 valence electrons. The maximum Gasteiger partial charge on any atom is 0.306 e. The molecule has 0 heterocycles. The van der Waals surface area contributed by atoms with Crippen molar-refractivity contribution in [1.82, 2.24) is 0 Å². The smallest absolute Gasteiger partial charge is 0.306 e. The second-order valence-electron chi connectivity index (χ2n) is 24.1. The minimum Gasteiger partial charge on any atom is -0.462 e. The molecule has 0 radical (unpaired) electrons. The number of allylic oxidation sites excluding steroid dienone is 12. The van der Waals surface area contributed by atoms with E-state index in [2.05, 4.69) is 93.7 Å². The van der Waals surface area contributed by atoms with Crippen LogP contribution >= 0.6 is 0 Å². The van der Waals surface area contributed by atoms with Gasteiger partial charge in [-0.2, -0.15) is 0 Å². The van der Waals surface area contributed by atoms with Crippen LogP contribution in [-0.4, -0.2) is 37.2 Å². The van der Waals surface area contributed by atoms with Crippen LogP contribution in [0.5, 0.6) is 0 Å². The maximum atomic E-state index is 13.0. The zero-order valence-corrected chi connectivity index (χ0v) is 54.8. The Labute approximate surface area is 510 Å². The Hall–Kier alpha value is -3.15. The van der Waals surface area contributed by atoms with Crippen molar-refractivity contribution in [2.45, 2.75) is 380 Å². The van der Waals surface area contributed by atoms with Gasteiger partial charge in [-0.1, -0.05) is 318 Å². The average Bonchev–Trinajstić information content (AvgIpc) is 3.47. The van der Waals surface area contributed by atoms with E-state index in [1.165, 1.54) is 250 Å².